The first-order valence-corrected chi connectivity index (χ1v) is 11.9. The van der Waals surface area contributed by atoms with Crippen molar-refractivity contribution in [3.05, 3.63) is 22.4 Å². The number of hydrogen-bond donors (Lipinski definition) is 2. The summed E-state index contributed by atoms with van der Waals surface area (Å²) in [4.78, 5) is 11.0. The van der Waals surface area contributed by atoms with Gasteiger partial charge in [-0.3, -0.25) is 9.89 Å². The first-order valence-electron chi connectivity index (χ1n) is 11.0. The molecule has 1 aromatic rings. The lowest BCUT2D eigenvalue weighted by atomic mass is 9.88. The van der Waals surface area contributed by atoms with Crippen LogP contribution in [0.4, 0.5) is 0 Å². The average Bonchev–Trinajstić information content (AvgIpc) is 3.22. The number of likely N-dealkylation sites (tertiary alicyclic amines) is 1. The van der Waals surface area contributed by atoms with Crippen molar-refractivity contribution in [3.63, 3.8) is 0 Å². The molecule has 1 aromatic heterocycles. The Labute approximate surface area is 176 Å². The number of aliphatic imine (C=N–C) groups is 1. The number of nitrogens with one attached hydrogen (secondary N) is 2. The fraction of sp³-hybridized carbons (Fsp3) is 0.773. The molecule has 28 heavy (non-hydrogen) atoms. The highest BCUT2D eigenvalue weighted by Gasteiger charge is 2.31. The van der Waals surface area contributed by atoms with Gasteiger partial charge in [0.25, 0.3) is 0 Å². The van der Waals surface area contributed by atoms with Crippen LogP contribution in [-0.4, -0.2) is 68.6 Å². The Hall–Kier alpha value is -1.11. The first kappa shape index (κ1) is 23.2. The zero-order chi connectivity index (χ0) is 20.4. The first-order chi connectivity index (χ1) is 13.6. The van der Waals surface area contributed by atoms with E-state index in [9.17, 15) is 0 Å². The van der Waals surface area contributed by atoms with Crippen molar-refractivity contribution in [2.24, 2.45) is 10.9 Å². The van der Waals surface area contributed by atoms with Gasteiger partial charge in [0.05, 0.1) is 0 Å². The third kappa shape index (κ3) is 7.05. The fourth-order valence-corrected chi connectivity index (χ4v) is 5.25. The number of guanidine groups is 1. The minimum atomic E-state index is 0.434. The molecule has 3 unspecified atom stereocenters. The fourth-order valence-electron chi connectivity index (χ4n) is 4.27. The summed E-state index contributed by atoms with van der Waals surface area (Å²) in [5.74, 6) is 1.56. The van der Waals surface area contributed by atoms with Gasteiger partial charge in [-0.05, 0) is 83.2 Å². The molecule has 3 atom stereocenters. The third-order valence-electron chi connectivity index (χ3n) is 5.99. The van der Waals surface area contributed by atoms with Crippen LogP contribution in [0.2, 0.25) is 0 Å². The average molecular weight is 408 g/mol. The third-order valence-corrected chi connectivity index (χ3v) is 6.93. The molecule has 2 rings (SSSR count). The quantitative estimate of drug-likeness (QED) is 0.457. The number of thiophene rings is 1. The maximum absolute atomic E-state index is 4.47. The van der Waals surface area contributed by atoms with E-state index >= 15 is 0 Å². The topological polar surface area (TPSA) is 42.9 Å². The lowest BCUT2D eigenvalue weighted by molar-refractivity contribution is 0.125. The van der Waals surface area contributed by atoms with E-state index in [4.69, 9.17) is 0 Å². The van der Waals surface area contributed by atoms with Gasteiger partial charge in [0.1, 0.15) is 0 Å². The Balaban J connectivity index is 1.80. The van der Waals surface area contributed by atoms with Gasteiger partial charge in [0, 0.05) is 30.6 Å². The summed E-state index contributed by atoms with van der Waals surface area (Å²) in [6.07, 6.45) is 4.94. The molecule has 160 valence electrons. The highest BCUT2D eigenvalue weighted by molar-refractivity contribution is 7.10. The van der Waals surface area contributed by atoms with Crippen LogP contribution in [0.1, 0.15) is 57.4 Å². The molecule has 0 amide bonds. The lowest BCUT2D eigenvalue weighted by Gasteiger charge is -2.39. The Morgan fingerprint density at radius 1 is 1.39 bits per heavy atom. The van der Waals surface area contributed by atoms with Crippen molar-refractivity contribution in [2.45, 2.75) is 58.5 Å². The Kier molecular flexibility index (Phi) is 10.3. The molecule has 0 radical (unpaired) electrons. The van der Waals surface area contributed by atoms with Crippen LogP contribution in [0.25, 0.3) is 0 Å². The molecule has 2 heterocycles. The molecule has 1 aliphatic rings. The van der Waals surface area contributed by atoms with E-state index in [0.29, 0.717) is 18.0 Å². The molecule has 0 aliphatic carbocycles. The van der Waals surface area contributed by atoms with Crippen LogP contribution >= 0.6 is 11.3 Å². The molecule has 2 N–H and O–H groups in total. The SMILES string of the molecule is CCN(CC)CCCC(C)NC(=NC)NCC1CCCN(C)C1c1cccs1. The van der Waals surface area contributed by atoms with Crippen LogP contribution < -0.4 is 10.6 Å². The summed E-state index contributed by atoms with van der Waals surface area (Å²) in [7, 11) is 4.14. The lowest BCUT2D eigenvalue weighted by Crippen LogP contribution is -2.47. The molecule has 6 heteroatoms. The summed E-state index contributed by atoms with van der Waals surface area (Å²) in [6.45, 7) is 12.4. The van der Waals surface area contributed by atoms with Crippen LogP contribution in [0, 0.1) is 5.92 Å². The summed E-state index contributed by atoms with van der Waals surface area (Å²) >= 11 is 1.88. The van der Waals surface area contributed by atoms with Gasteiger partial charge in [-0.2, -0.15) is 0 Å². The van der Waals surface area contributed by atoms with E-state index < -0.39 is 0 Å². The van der Waals surface area contributed by atoms with Gasteiger partial charge < -0.3 is 15.5 Å². The summed E-state index contributed by atoms with van der Waals surface area (Å²) in [5, 5.41) is 9.39. The zero-order valence-corrected chi connectivity index (χ0v) is 19.4. The predicted molar refractivity (Wildman–Crippen MR) is 123 cm³/mol. The highest BCUT2D eigenvalue weighted by Crippen LogP contribution is 2.36. The molecular formula is C22H41N5S. The zero-order valence-electron chi connectivity index (χ0n) is 18.6. The van der Waals surface area contributed by atoms with Gasteiger partial charge >= 0.3 is 0 Å². The molecule has 0 spiro atoms. The maximum atomic E-state index is 4.47. The molecule has 0 aromatic carbocycles. The van der Waals surface area contributed by atoms with Crippen LogP contribution in [0.3, 0.4) is 0 Å². The van der Waals surface area contributed by atoms with Crippen molar-refractivity contribution in [3.8, 4) is 0 Å². The van der Waals surface area contributed by atoms with Gasteiger partial charge in [0.15, 0.2) is 5.96 Å². The number of piperidine rings is 1. The number of nitrogens with zero attached hydrogens (tertiary/aromatic N) is 3. The minimum Gasteiger partial charge on any atom is -0.356 e. The molecule has 1 saturated heterocycles. The Morgan fingerprint density at radius 2 is 2.18 bits per heavy atom. The van der Waals surface area contributed by atoms with Crippen molar-refractivity contribution < 1.29 is 0 Å². The van der Waals surface area contributed by atoms with Crippen molar-refractivity contribution in [1.29, 1.82) is 0 Å². The van der Waals surface area contributed by atoms with Gasteiger partial charge in [-0.1, -0.05) is 19.9 Å². The van der Waals surface area contributed by atoms with Gasteiger partial charge in [-0.25, -0.2) is 0 Å². The monoisotopic (exact) mass is 407 g/mol. The molecule has 0 bridgehead atoms. The van der Waals surface area contributed by atoms with E-state index in [2.05, 4.69) is 70.8 Å². The van der Waals surface area contributed by atoms with Crippen LogP contribution in [0.15, 0.2) is 22.5 Å². The van der Waals surface area contributed by atoms with Crippen molar-refractivity contribution in [1.82, 2.24) is 20.4 Å². The molecule has 5 nitrogen and oxygen atoms in total. The second-order valence-corrected chi connectivity index (χ2v) is 8.99. The summed E-state index contributed by atoms with van der Waals surface area (Å²) < 4.78 is 0. The van der Waals surface area contributed by atoms with Crippen LogP contribution in [-0.2, 0) is 0 Å². The molecule has 1 aliphatic heterocycles. The Morgan fingerprint density at radius 3 is 2.82 bits per heavy atom. The summed E-state index contributed by atoms with van der Waals surface area (Å²) in [5.41, 5.74) is 0. The Bertz CT molecular complexity index is 555. The van der Waals surface area contributed by atoms with Gasteiger partial charge in [0.2, 0.25) is 0 Å². The van der Waals surface area contributed by atoms with E-state index in [1.165, 1.54) is 43.6 Å². The highest BCUT2D eigenvalue weighted by atomic mass is 32.1. The minimum absolute atomic E-state index is 0.434. The van der Waals surface area contributed by atoms with Crippen molar-refractivity contribution in [2.75, 3.05) is 46.8 Å². The summed E-state index contributed by atoms with van der Waals surface area (Å²) in [6, 6.07) is 5.41. The smallest absolute Gasteiger partial charge is 0.191 e. The standard InChI is InChI=1S/C22H41N5S/c1-6-27(7-2)15-8-11-18(3)25-22(23-4)24-17-19-12-9-14-26(5)21(19)20-13-10-16-28-20/h10,13,16,18-19,21H,6-9,11-12,14-15,17H2,1-5H3,(H2,23,24,25). The van der Waals surface area contributed by atoms with Crippen molar-refractivity contribution >= 4 is 17.3 Å². The predicted octanol–water partition coefficient (Wildman–Crippen LogP) is 3.81. The number of hydrogen-bond acceptors (Lipinski definition) is 4. The van der Waals surface area contributed by atoms with Crippen LogP contribution in [0.5, 0.6) is 0 Å². The number of rotatable bonds is 10. The van der Waals surface area contributed by atoms with E-state index in [0.717, 1.165) is 25.6 Å². The van der Waals surface area contributed by atoms with E-state index in [-0.39, 0.29) is 0 Å². The normalized spacial score (nSPS) is 22.4. The largest absolute Gasteiger partial charge is 0.356 e. The maximum Gasteiger partial charge on any atom is 0.191 e. The second kappa shape index (κ2) is 12.5. The van der Waals surface area contributed by atoms with E-state index in [1.807, 2.05) is 18.4 Å². The molecule has 1 fully saturated rings. The molecule has 0 saturated carbocycles. The second-order valence-electron chi connectivity index (χ2n) is 8.01. The van der Waals surface area contributed by atoms with E-state index in [1.54, 1.807) is 0 Å². The van der Waals surface area contributed by atoms with Gasteiger partial charge in [-0.15, -0.1) is 11.3 Å². The molecular weight excluding hydrogens is 366 g/mol.